The van der Waals surface area contributed by atoms with E-state index in [0.717, 1.165) is 48.9 Å². The van der Waals surface area contributed by atoms with Crippen LogP contribution in [0.15, 0.2) is 40.8 Å². The number of amides is 1. The fourth-order valence-electron chi connectivity index (χ4n) is 2.93. The molecule has 122 valence electrons. The van der Waals surface area contributed by atoms with Crippen LogP contribution < -0.4 is 0 Å². The first-order valence-electron chi connectivity index (χ1n) is 8.24. The highest BCUT2D eigenvalue weighted by Gasteiger charge is 2.20. The van der Waals surface area contributed by atoms with Crippen LogP contribution in [0.2, 0.25) is 5.02 Å². The number of halogens is 1. The largest absolute Gasteiger partial charge is 0.461 e. The summed E-state index contributed by atoms with van der Waals surface area (Å²) < 4.78 is 5.85. The predicted octanol–water partition coefficient (Wildman–Crippen LogP) is 4.79. The first-order valence-corrected chi connectivity index (χ1v) is 8.62. The van der Waals surface area contributed by atoms with Crippen LogP contribution in [-0.4, -0.2) is 23.9 Å². The maximum Gasteiger partial charge on any atom is 0.223 e. The number of aryl methyl sites for hydroxylation is 1. The third-order valence-electron chi connectivity index (χ3n) is 4.51. The summed E-state index contributed by atoms with van der Waals surface area (Å²) in [6.45, 7) is 4.05. The lowest BCUT2D eigenvalue weighted by molar-refractivity contribution is -0.132. The van der Waals surface area contributed by atoms with Gasteiger partial charge in [0.05, 0.1) is 0 Å². The SMILES string of the molecule is CC1CCN(C(=O)CCc2ccc(-c3ccc(Cl)cc3)o2)CC1. The molecule has 0 spiro atoms. The van der Waals surface area contributed by atoms with Crippen molar-refractivity contribution in [3.05, 3.63) is 47.2 Å². The van der Waals surface area contributed by atoms with E-state index in [1.165, 1.54) is 0 Å². The maximum absolute atomic E-state index is 12.3. The smallest absolute Gasteiger partial charge is 0.223 e. The van der Waals surface area contributed by atoms with Gasteiger partial charge < -0.3 is 9.32 Å². The lowest BCUT2D eigenvalue weighted by Crippen LogP contribution is -2.37. The van der Waals surface area contributed by atoms with Crippen LogP contribution in [-0.2, 0) is 11.2 Å². The number of hydrogen-bond donors (Lipinski definition) is 0. The Morgan fingerprint density at radius 2 is 1.87 bits per heavy atom. The van der Waals surface area contributed by atoms with Crippen molar-refractivity contribution in [1.29, 1.82) is 0 Å². The Balaban J connectivity index is 1.55. The van der Waals surface area contributed by atoms with Gasteiger partial charge in [0.1, 0.15) is 11.5 Å². The highest BCUT2D eigenvalue weighted by molar-refractivity contribution is 6.30. The number of piperidine rings is 1. The van der Waals surface area contributed by atoms with Crippen molar-refractivity contribution in [2.75, 3.05) is 13.1 Å². The van der Waals surface area contributed by atoms with Crippen molar-refractivity contribution >= 4 is 17.5 Å². The zero-order chi connectivity index (χ0) is 16.2. The second-order valence-electron chi connectivity index (χ2n) is 6.34. The van der Waals surface area contributed by atoms with Gasteiger partial charge in [-0.2, -0.15) is 0 Å². The fourth-order valence-corrected chi connectivity index (χ4v) is 3.05. The van der Waals surface area contributed by atoms with E-state index in [1.807, 2.05) is 41.3 Å². The number of benzene rings is 1. The van der Waals surface area contributed by atoms with Gasteiger partial charge in [-0.3, -0.25) is 4.79 Å². The van der Waals surface area contributed by atoms with E-state index in [1.54, 1.807) is 0 Å². The summed E-state index contributed by atoms with van der Waals surface area (Å²) in [7, 11) is 0. The van der Waals surface area contributed by atoms with Gasteiger partial charge in [0, 0.05) is 36.5 Å². The minimum absolute atomic E-state index is 0.237. The van der Waals surface area contributed by atoms with E-state index in [-0.39, 0.29) is 5.91 Å². The number of hydrogen-bond acceptors (Lipinski definition) is 2. The van der Waals surface area contributed by atoms with Gasteiger partial charge in [0.15, 0.2) is 0 Å². The molecule has 4 heteroatoms. The lowest BCUT2D eigenvalue weighted by Gasteiger charge is -2.30. The molecule has 0 bridgehead atoms. The Bertz CT molecular complexity index is 654. The molecule has 2 aromatic rings. The molecule has 0 radical (unpaired) electrons. The first-order chi connectivity index (χ1) is 11.1. The van der Waals surface area contributed by atoms with Crippen LogP contribution in [0.1, 0.15) is 31.9 Å². The molecule has 0 aliphatic carbocycles. The Labute approximate surface area is 142 Å². The van der Waals surface area contributed by atoms with Gasteiger partial charge in [0.2, 0.25) is 5.91 Å². The van der Waals surface area contributed by atoms with Gasteiger partial charge >= 0.3 is 0 Å². The van der Waals surface area contributed by atoms with Crippen LogP contribution in [0.5, 0.6) is 0 Å². The Kier molecular flexibility index (Phi) is 5.06. The molecule has 23 heavy (non-hydrogen) atoms. The quantitative estimate of drug-likeness (QED) is 0.807. The highest BCUT2D eigenvalue weighted by Crippen LogP contribution is 2.24. The minimum atomic E-state index is 0.237. The summed E-state index contributed by atoms with van der Waals surface area (Å²) in [6.07, 6.45) is 3.40. The van der Waals surface area contributed by atoms with E-state index in [0.29, 0.717) is 17.9 Å². The fraction of sp³-hybridized carbons (Fsp3) is 0.421. The normalized spacial score (nSPS) is 15.8. The summed E-state index contributed by atoms with van der Waals surface area (Å²) in [5.74, 6) is 2.65. The van der Waals surface area contributed by atoms with Crippen molar-refractivity contribution in [1.82, 2.24) is 4.90 Å². The highest BCUT2D eigenvalue weighted by atomic mass is 35.5. The number of carbonyl (C=O) groups is 1. The van der Waals surface area contributed by atoms with E-state index >= 15 is 0 Å². The average molecular weight is 332 g/mol. The number of nitrogens with zero attached hydrogens (tertiary/aromatic N) is 1. The maximum atomic E-state index is 12.3. The molecule has 1 aromatic heterocycles. The molecule has 1 aliphatic heterocycles. The van der Waals surface area contributed by atoms with E-state index in [9.17, 15) is 4.79 Å². The van der Waals surface area contributed by atoms with Crippen LogP contribution in [0.3, 0.4) is 0 Å². The molecule has 1 amide bonds. The topological polar surface area (TPSA) is 33.5 Å². The Morgan fingerprint density at radius 3 is 2.57 bits per heavy atom. The molecule has 3 nitrogen and oxygen atoms in total. The second kappa shape index (κ2) is 7.22. The predicted molar refractivity (Wildman–Crippen MR) is 92.5 cm³/mol. The Hall–Kier alpha value is -1.74. The lowest BCUT2D eigenvalue weighted by atomic mass is 9.99. The van der Waals surface area contributed by atoms with E-state index < -0.39 is 0 Å². The average Bonchev–Trinajstić information content (AvgIpc) is 3.03. The van der Waals surface area contributed by atoms with Crippen LogP contribution in [0.25, 0.3) is 11.3 Å². The van der Waals surface area contributed by atoms with Crippen molar-refractivity contribution < 1.29 is 9.21 Å². The second-order valence-corrected chi connectivity index (χ2v) is 6.77. The molecule has 1 aliphatic rings. The third-order valence-corrected chi connectivity index (χ3v) is 4.76. The third kappa shape index (κ3) is 4.17. The first kappa shape index (κ1) is 16.1. The van der Waals surface area contributed by atoms with Crippen molar-refractivity contribution in [3.63, 3.8) is 0 Å². The molecule has 1 saturated heterocycles. The van der Waals surface area contributed by atoms with E-state index in [2.05, 4.69) is 6.92 Å². The van der Waals surface area contributed by atoms with Crippen LogP contribution in [0, 0.1) is 5.92 Å². The number of carbonyl (C=O) groups excluding carboxylic acids is 1. The van der Waals surface area contributed by atoms with Gasteiger partial charge in [0.25, 0.3) is 0 Å². The summed E-state index contributed by atoms with van der Waals surface area (Å²) >= 11 is 5.90. The van der Waals surface area contributed by atoms with Crippen LogP contribution >= 0.6 is 11.6 Å². The minimum Gasteiger partial charge on any atom is -0.461 e. The van der Waals surface area contributed by atoms with Gasteiger partial charge in [-0.05, 0) is 55.2 Å². The number of likely N-dealkylation sites (tertiary alicyclic amines) is 1. The Morgan fingerprint density at radius 1 is 1.17 bits per heavy atom. The zero-order valence-electron chi connectivity index (χ0n) is 13.4. The number of furan rings is 1. The number of rotatable bonds is 4. The summed E-state index contributed by atoms with van der Waals surface area (Å²) in [5, 5.41) is 0.710. The van der Waals surface area contributed by atoms with Crippen molar-refractivity contribution in [2.45, 2.75) is 32.6 Å². The van der Waals surface area contributed by atoms with Crippen LogP contribution in [0.4, 0.5) is 0 Å². The van der Waals surface area contributed by atoms with Gasteiger partial charge in [-0.25, -0.2) is 0 Å². The molecule has 0 N–H and O–H groups in total. The standard InChI is InChI=1S/C19H22ClNO2/c1-14-10-12-21(13-11-14)19(22)9-7-17-6-8-18(23-17)15-2-4-16(20)5-3-15/h2-6,8,14H,7,9-13H2,1H3. The molecule has 1 fully saturated rings. The van der Waals surface area contributed by atoms with E-state index in [4.69, 9.17) is 16.0 Å². The molecule has 0 unspecified atom stereocenters. The molecule has 1 aromatic carbocycles. The summed E-state index contributed by atoms with van der Waals surface area (Å²) in [5.41, 5.74) is 0.997. The monoisotopic (exact) mass is 331 g/mol. The molecular formula is C19H22ClNO2. The van der Waals surface area contributed by atoms with Crippen molar-refractivity contribution in [2.24, 2.45) is 5.92 Å². The molecule has 2 heterocycles. The molecule has 0 atom stereocenters. The van der Waals surface area contributed by atoms with Gasteiger partial charge in [-0.1, -0.05) is 18.5 Å². The zero-order valence-corrected chi connectivity index (χ0v) is 14.2. The summed E-state index contributed by atoms with van der Waals surface area (Å²) in [6, 6.07) is 11.5. The molecule has 0 saturated carbocycles. The summed E-state index contributed by atoms with van der Waals surface area (Å²) in [4.78, 5) is 14.3. The van der Waals surface area contributed by atoms with Crippen molar-refractivity contribution in [3.8, 4) is 11.3 Å². The molecule has 3 rings (SSSR count). The van der Waals surface area contributed by atoms with Gasteiger partial charge in [-0.15, -0.1) is 0 Å². The molecular weight excluding hydrogens is 310 g/mol.